The summed E-state index contributed by atoms with van der Waals surface area (Å²) in [6.07, 6.45) is 3.68. The SMILES string of the molecule is O=C(CSc1ncnc2ccccc12)N1CCC[C@@H](c2nc3ccccc3s2)C1. The zero-order chi connectivity index (χ0) is 19.6. The molecular formula is C22H20N4OS2. The molecule has 0 N–H and O–H groups in total. The summed E-state index contributed by atoms with van der Waals surface area (Å²) in [5.74, 6) is 0.895. The van der Waals surface area contributed by atoms with Gasteiger partial charge in [0.1, 0.15) is 11.4 Å². The zero-order valence-electron chi connectivity index (χ0n) is 15.8. The Kier molecular flexibility index (Phi) is 5.16. The van der Waals surface area contributed by atoms with Crippen molar-refractivity contribution in [2.75, 3.05) is 18.8 Å². The maximum Gasteiger partial charge on any atom is 0.233 e. The van der Waals surface area contributed by atoms with Gasteiger partial charge >= 0.3 is 0 Å². The van der Waals surface area contributed by atoms with Crippen molar-refractivity contribution >= 4 is 50.1 Å². The van der Waals surface area contributed by atoms with Crippen molar-refractivity contribution in [2.45, 2.75) is 23.8 Å². The summed E-state index contributed by atoms with van der Waals surface area (Å²) >= 11 is 3.26. The molecule has 1 amide bonds. The van der Waals surface area contributed by atoms with Crippen LogP contribution in [0.15, 0.2) is 59.9 Å². The van der Waals surface area contributed by atoms with Crippen molar-refractivity contribution in [1.29, 1.82) is 0 Å². The Hall–Kier alpha value is -2.51. The molecule has 7 heteroatoms. The lowest BCUT2D eigenvalue weighted by Crippen LogP contribution is -2.40. The first-order valence-corrected chi connectivity index (χ1v) is 11.5. The molecule has 2 aromatic heterocycles. The van der Waals surface area contributed by atoms with E-state index in [1.54, 1.807) is 17.7 Å². The van der Waals surface area contributed by atoms with E-state index in [0.29, 0.717) is 11.7 Å². The highest BCUT2D eigenvalue weighted by atomic mass is 32.2. The van der Waals surface area contributed by atoms with Gasteiger partial charge in [-0.25, -0.2) is 15.0 Å². The highest BCUT2D eigenvalue weighted by molar-refractivity contribution is 8.00. The van der Waals surface area contributed by atoms with E-state index < -0.39 is 0 Å². The van der Waals surface area contributed by atoms with Crippen LogP contribution in [0.4, 0.5) is 0 Å². The van der Waals surface area contributed by atoms with Gasteiger partial charge in [0.2, 0.25) is 5.91 Å². The number of fused-ring (bicyclic) bond motifs is 2. The zero-order valence-corrected chi connectivity index (χ0v) is 17.5. The smallest absolute Gasteiger partial charge is 0.233 e. The first kappa shape index (κ1) is 18.5. The quantitative estimate of drug-likeness (QED) is 0.353. The van der Waals surface area contributed by atoms with Crippen molar-refractivity contribution in [1.82, 2.24) is 19.9 Å². The molecule has 1 aliphatic heterocycles. The van der Waals surface area contributed by atoms with Crippen molar-refractivity contribution in [3.05, 3.63) is 59.9 Å². The average Bonchev–Trinajstić information content (AvgIpc) is 3.22. The predicted molar refractivity (Wildman–Crippen MR) is 118 cm³/mol. The third-order valence-corrected chi connectivity index (χ3v) is 7.46. The highest BCUT2D eigenvalue weighted by Crippen LogP contribution is 2.33. The van der Waals surface area contributed by atoms with E-state index in [4.69, 9.17) is 4.98 Å². The molecule has 5 rings (SSSR count). The Balaban J connectivity index is 1.27. The third-order valence-electron chi connectivity index (χ3n) is 5.27. The number of carbonyl (C=O) groups excluding carboxylic acids is 1. The summed E-state index contributed by atoms with van der Waals surface area (Å²) in [5.41, 5.74) is 1.97. The van der Waals surface area contributed by atoms with Crippen LogP contribution in [0.2, 0.25) is 0 Å². The van der Waals surface area contributed by atoms with Gasteiger partial charge in [0.15, 0.2) is 0 Å². The van der Waals surface area contributed by atoms with E-state index in [1.807, 2.05) is 35.2 Å². The number of thiazole rings is 1. The van der Waals surface area contributed by atoms with Gasteiger partial charge in [-0.1, -0.05) is 42.1 Å². The number of piperidine rings is 1. The number of thioether (sulfide) groups is 1. The Morgan fingerprint density at radius 1 is 1.10 bits per heavy atom. The molecule has 0 saturated carbocycles. The molecule has 0 aliphatic carbocycles. The van der Waals surface area contributed by atoms with Gasteiger partial charge in [0.25, 0.3) is 0 Å². The first-order valence-electron chi connectivity index (χ1n) is 9.74. The molecule has 1 saturated heterocycles. The Morgan fingerprint density at radius 3 is 2.83 bits per heavy atom. The lowest BCUT2D eigenvalue weighted by atomic mass is 9.99. The molecule has 0 radical (unpaired) electrons. The molecular weight excluding hydrogens is 400 g/mol. The molecule has 0 unspecified atom stereocenters. The van der Waals surface area contributed by atoms with Crippen molar-refractivity contribution in [3.63, 3.8) is 0 Å². The van der Waals surface area contributed by atoms with Gasteiger partial charge in [-0.05, 0) is 31.0 Å². The summed E-state index contributed by atoms with van der Waals surface area (Å²) in [4.78, 5) is 28.4. The van der Waals surface area contributed by atoms with Crippen LogP contribution >= 0.6 is 23.1 Å². The lowest BCUT2D eigenvalue weighted by molar-refractivity contribution is -0.129. The number of amides is 1. The molecule has 0 bridgehead atoms. The molecule has 1 fully saturated rings. The van der Waals surface area contributed by atoms with Gasteiger partial charge < -0.3 is 4.90 Å². The molecule has 1 atom stereocenters. The van der Waals surface area contributed by atoms with E-state index in [2.05, 4.69) is 28.2 Å². The van der Waals surface area contributed by atoms with Gasteiger partial charge in [-0.2, -0.15) is 0 Å². The minimum Gasteiger partial charge on any atom is -0.341 e. The minimum absolute atomic E-state index is 0.170. The van der Waals surface area contributed by atoms with Crippen LogP contribution < -0.4 is 0 Å². The average molecular weight is 421 g/mol. The highest BCUT2D eigenvalue weighted by Gasteiger charge is 2.27. The van der Waals surface area contributed by atoms with Gasteiger partial charge in [-0.15, -0.1) is 11.3 Å². The number of benzene rings is 2. The summed E-state index contributed by atoms with van der Waals surface area (Å²) in [5, 5.41) is 3.01. The van der Waals surface area contributed by atoms with Crippen LogP contribution in [0.5, 0.6) is 0 Å². The number of nitrogens with zero attached hydrogens (tertiary/aromatic N) is 4. The predicted octanol–water partition coefficient (Wildman–Crippen LogP) is 4.74. The second-order valence-electron chi connectivity index (χ2n) is 7.18. The Labute approximate surface area is 177 Å². The van der Waals surface area contributed by atoms with E-state index in [0.717, 1.165) is 52.4 Å². The fourth-order valence-electron chi connectivity index (χ4n) is 3.79. The number of para-hydroxylation sites is 2. The third kappa shape index (κ3) is 3.84. The van der Waals surface area contributed by atoms with Crippen LogP contribution in [0, 0.1) is 0 Å². The molecule has 3 heterocycles. The number of hydrogen-bond donors (Lipinski definition) is 0. The number of hydrogen-bond acceptors (Lipinski definition) is 6. The van der Waals surface area contributed by atoms with Crippen molar-refractivity contribution in [3.8, 4) is 0 Å². The van der Waals surface area contributed by atoms with Crippen molar-refractivity contribution in [2.24, 2.45) is 0 Å². The second kappa shape index (κ2) is 8.08. The topological polar surface area (TPSA) is 59.0 Å². The second-order valence-corrected chi connectivity index (χ2v) is 9.21. The molecule has 4 aromatic rings. The van der Waals surface area contributed by atoms with Crippen LogP contribution in [-0.4, -0.2) is 44.6 Å². The fourth-order valence-corrected chi connectivity index (χ4v) is 5.77. The summed E-state index contributed by atoms with van der Waals surface area (Å²) in [6, 6.07) is 16.2. The minimum atomic E-state index is 0.170. The molecule has 0 spiro atoms. The fraction of sp³-hybridized carbons (Fsp3) is 0.273. The van der Waals surface area contributed by atoms with E-state index in [9.17, 15) is 4.79 Å². The standard InChI is InChI=1S/C22H20N4OS2/c27-20(13-28-22-16-7-1-2-8-17(16)23-14-24-22)26-11-5-6-15(12-26)21-25-18-9-3-4-10-19(18)29-21/h1-4,7-10,14-15H,5-6,11-13H2/t15-/m1/s1. The number of aromatic nitrogens is 3. The summed E-state index contributed by atoms with van der Waals surface area (Å²) < 4.78 is 1.22. The lowest BCUT2D eigenvalue weighted by Gasteiger charge is -2.31. The Morgan fingerprint density at radius 2 is 1.93 bits per heavy atom. The van der Waals surface area contributed by atoms with Gasteiger partial charge in [-0.3, -0.25) is 4.79 Å². The monoisotopic (exact) mass is 420 g/mol. The van der Waals surface area contributed by atoms with E-state index in [-0.39, 0.29) is 5.91 Å². The largest absolute Gasteiger partial charge is 0.341 e. The maximum absolute atomic E-state index is 12.9. The van der Waals surface area contributed by atoms with Crippen LogP contribution in [-0.2, 0) is 4.79 Å². The van der Waals surface area contributed by atoms with Gasteiger partial charge in [0, 0.05) is 24.4 Å². The molecule has 29 heavy (non-hydrogen) atoms. The van der Waals surface area contributed by atoms with Crippen LogP contribution in [0.1, 0.15) is 23.8 Å². The van der Waals surface area contributed by atoms with Crippen LogP contribution in [0.3, 0.4) is 0 Å². The van der Waals surface area contributed by atoms with Gasteiger partial charge in [0.05, 0.1) is 26.5 Å². The number of carbonyl (C=O) groups is 1. The molecule has 2 aromatic carbocycles. The van der Waals surface area contributed by atoms with E-state index >= 15 is 0 Å². The Bertz CT molecular complexity index is 1140. The van der Waals surface area contributed by atoms with E-state index in [1.165, 1.54) is 16.5 Å². The summed E-state index contributed by atoms with van der Waals surface area (Å²) in [6.45, 7) is 1.58. The molecule has 146 valence electrons. The molecule has 5 nitrogen and oxygen atoms in total. The maximum atomic E-state index is 12.9. The number of likely N-dealkylation sites (tertiary alicyclic amines) is 1. The van der Waals surface area contributed by atoms with Crippen molar-refractivity contribution < 1.29 is 4.79 Å². The molecule has 1 aliphatic rings. The number of rotatable bonds is 4. The first-order chi connectivity index (χ1) is 14.3. The summed E-state index contributed by atoms with van der Waals surface area (Å²) in [7, 11) is 0. The normalized spacial score (nSPS) is 17.1. The van der Waals surface area contributed by atoms with Crippen LogP contribution in [0.25, 0.3) is 21.1 Å².